The van der Waals surface area contributed by atoms with Gasteiger partial charge in [-0.15, -0.1) is 0 Å². The summed E-state index contributed by atoms with van der Waals surface area (Å²) in [6.07, 6.45) is 2.34. The van der Waals surface area contributed by atoms with E-state index in [1.54, 1.807) is 12.1 Å². The molecule has 0 aliphatic carbocycles. The number of likely N-dealkylation sites (tertiary alicyclic amines) is 1. The topological polar surface area (TPSA) is 49.4 Å². The first-order valence-corrected chi connectivity index (χ1v) is 10.4. The molecule has 25 heavy (non-hydrogen) atoms. The lowest BCUT2D eigenvalue weighted by molar-refractivity contribution is 0.335. The van der Waals surface area contributed by atoms with Crippen LogP contribution in [0, 0.1) is 0 Å². The Bertz CT molecular complexity index is 822. The van der Waals surface area contributed by atoms with Gasteiger partial charge in [-0.05, 0) is 67.7 Å². The van der Waals surface area contributed by atoms with E-state index >= 15 is 0 Å². The normalized spacial score (nSPS) is 18.4. The van der Waals surface area contributed by atoms with Gasteiger partial charge in [-0.25, -0.2) is 8.42 Å². The van der Waals surface area contributed by atoms with Crippen molar-refractivity contribution in [1.29, 1.82) is 0 Å². The van der Waals surface area contributed by atoms with Gasteiger partial charge < -0.3 is 4.90 Å². The lowest BCUT2D eigenvalue weighted by Crippen LogP contribution is -2.20. The van der Waals surface area contributed by atoms with E-state index in [4.69, 9.17) is 11.6 Å². The van der Waals surface area contributed by atoms with Gasteiger partial charge in [0.1, 0.15) is 0 Å². The maximum absolute atomic E-state index is 12.4. The quantitative estimate of drug-likeness (QED) is 0.813. The highest BCUT2D eigenvalue weighted by Crippen LogP contribution is 2.28. The average molecular weight is 379 g/mol. The van der Waals surface area contributed by atoms with Crippen LogP contribution in [0.5, 0.6) is 0 Å². The third-order valence-corrected chi connectivity index (χ3v) is 6.17. The Balaban J connectivity index is 1.69. The number of hydrogen-bond acceptors (Lipinski definition) is 3. The largest absolute Gasteiger partial charge is 0.303 e. The zero-order valence-corrected chi connectivity index (χ0v) is 15.9. The maximum atomic E-state index is 12.4. The molecule has 0 spiro atoms. The second kappa shape index (κ2) is 7.77. The molecule has 134 valence electrons. The Morgan fingerprint density at radius 1 is 1.20 bits per heavy atom. The molecule has 0 saturated carbocycles. The molecule has 0 amide bonds. The lowest BCUT2D eigenvalue weighted by atomic mass is 9.98. The molecule has 1 atom stereocenters. The van der Waals surface area contributed by atoms with Crippen LogP contribution in [0.25, 0.3) is 0 Å². The molecule has 1 aliphatic heterocycles. The van der Waals surface area contributed by atoms with E-state index < -0.39 is 10.0 Å². The first-order chi connectivity index (χ1) is 12.0. The van der Waals surface area contributed by atoms with Crippen molar-refractivity contribution in [1.82, 2.24) is 4.90 Å². The molecule has 4 nitrogen and oxygen atoms in total. The first kappa shape index (κ1) is 18.2. The van der Waals surface area contributed by atoms with Crippen molar-refractivity contribution in [2.75, 3.05) is 24.4 Å². The van der Waals surface area contributed by atoms with Crippen LogP contribution >= 0.6 is 11.6 Å². The standard InChI is InChI=1S/C19H23ClN2O2S/c1-2-11-22-12-10-16(14-22)15-6-8-18(9-7-15)21-25(23,24)19-5-3-4-17(20)13-19/h3-9,13,16,21H,2,10-12,14H2,1H3/t16-/m1/s1. The van der Waals surface area contributed by atoms with E-state index in [0.29, 0.717) is 16.6 Å². The van der Waals surface area contributed by atoms with Gasteiger partial charge in [-0.1, -0.05) is 36.7 Å². The van der Waals surface area contributed by atoms with Gasteiger partial charge in [0.25, 0.3) is 10.0 Å². The van der Waals surface area contributed by atoms with Gasteiger partial charge in [0.05, 0.1) is 4.90 Å². The number of nitrogens with zero attached hydrogens (tertiary/aromatic N) is 1. The van der Waals surface area contributed by atoms with Gasteiger partial charge in [-0.3, -0.25) is 4.72 Å². The Morgan fingerprint density at radius 3 is 2.64 bits per heavy atom. The summed E-state index contributed by atoms with van der Waals surface area (Å²) in [6, 6.07) is 14.0. The SMILES string of the molecule is CCCN1CC[C@@H](c2ccc(NS(=O)(=O)c3cccc(Cl)c3)cc2)C1. The summed E-state index contributed by atoms with van der Waals surface area (Å²) in [7, 11) is -3.63. The summed E-state index contributed by atoms with van der Waals surface area (Å²) in [5.41, 5.74) is 1.83. The van der Waals surface area contributed by atoms with E-state index in [-0.39, 0.29) is 4.90 Å². The van der Waals surface area contributed by atoms with Crippen molar-refractivity contribution in [3.05, 3.63) is 59.1 Å². The highest BCUT2D eigenvalue weighted by molar-refractivity contribution is 7.92. The molecule has 1 N–H and O–H groups in total. The maximum Gasteiger partial charge on any atom is 0.261 e. The Hall–Kier alpha value is -1.56. The van der Waals surface area contributed by atoms with Crippen LogP contribution in [0.1, 0.15) is 31.2 Å². The minimum Gasteiger partial charge on any atom is -0.303 e. The number of nitrogens with one attached hydrogen (secondary N) is 1. The number of hydrogen-bond donors (Lipinski definition) is 1. The highest BCUT2D eigenvalue weighted by Gasteiger charge is 2.23. The molecule has 0 aromatic heterocycles. The molecule has 1 heterocycles. The van der Waals surface area contributed by atoms with E-state index in [2.05, 4.69) is 16.5 Å². The van der Waals surface area contributed by atoms with Crippen LogP contribution in [0.15, 0.2) is 53.4 Å². The molecule has 3 rings (SSSR count). The number of sulfonamides is 1. The number of rotatable bonds is 6. The third kappa shape index (κ3) is 4.54. The molecule has 2 aromatic rings. The fourth-order valence-electron chi connectivity index (χ4n) is 3.30. The zero-order valence-electron chi connectivity index (χ0n) is 14.3. The predicted octanol–water partition coefficient (Wildman–Crippen LogP) is 4.34. The van der Waals surface area contributed by atoms with Gasteiger partial charge >= 0.3 is 0 Å². The second-order valence-electron chi connectivity index (χ2n) is 6.47. The summed E-state index contributed by atoms with van der Waals surface area (Å²) in [5, 5.41) is 0.399. The van der Waals surface area contributed by atoms with Gasteiger partial charge in [0, 0.05) is 17.3 Å². The minimum atomic E-state index is -3.63. The summed E-state index contributed by atoms with van der Waals surface area (Å²) >= 11 is 5.89. The smallest absolute Gasteiger partial charge is 0.261 e. The Labute approximate surface area is 154 Å². The van der Waals surface area contributed by atoms with Crippen molar-refractivity contribution in [3.8, 4) is 0 Å². The van der Waals surface area contributed by atoms with Crippen LogP contribution < -0.4 is 4.72 Å². The molecular formula is C19H23ClN2O2S. The van der Waals surface area contributed by atoms with Crippen LogP contribution in [-0.2, 0) is 10.0 Å². The van der Waals surface area contributed by atoms with Crippen molar-refractivity contribution in [2.24, 2.45) is 0 Å². The van der Waals surface area contributed by atoms with E-state index in [1.807, 2.05) is 24.3 Å². The highest BCUT2D eigenvalue weighted by atomic mass is 35.5. The molecule has 0 unspecified atom stereocenters. The molecule has 1 fully saturated rings. The van der Waals surface area contributed by atoms with Gasteiger partial charge in [0.2, 0.25) is 0 Å². The fourth-order valence-corrected chi connectivity index (χ4v) is 4.65. The molecule has 6 heteroatoms. The number of anilines is 1. The summed E-state index contributed by atoms with van der Waals surface area (Å²) in [4.78, 5) is 2.65. The molecule has 0 radical (unpaired) electrons. The number of halogens is 1. The Morgan fingerprint density at radius 2 is 1.96 bits per heavy atom. The summed E-state index contributed by atoms with van der Waals surface area (Å²) < 4.78 is 27.5. The van der Waals surface area contributed by atoms with Crippen LogP contribution in [-0.4, -0.2) is 33.0 Å². The summed E-state index contributed by atoms with van der Waals surface area (Å²) in [6.45, 7) is 5.57. The van der Waals surface area contributed by atoms with Crippen LogP contribution in [0.2, 0.25) is 5.02 Å². The van der Waals surface area contributed by atoms with Crippen LogP contribution in [0.3, 0.4) is 0 Å². The average Bonchev–Trinajstić information content (AvgIpc) is 3.04. The van der Waals surface area contributed by atoms with Crippen molar-refractivity contribution < 1.29 is 8.42 Å². The lowest BCUT2D eigenvalue weighted by Gasteiger charge is -2.15. The molecule has 1 aliphatic rings. The van der Waals surface area contributed by atoms with E-state index in [0.717, 1.165) is 26.1 Å². The van der Waals surface area contributed by atoms with E-state index in [1.165, 1.54) is 24.1 Å². The van der Waals surface area contributed by atoms with Crippen LogP contribution in [0.4, 0.5) is 5.69 Å². The zero-order chi connectivity index (χ0) is 17.9. The fraction of sp³-hybridized carbons (Fsp3) is 0.368. The second-order valence-corrected chi connectivity index (χ2v) is 8.59. The third-order valence-electron chi connectivity index (χ3n) is 4.55. The molecule has 2 aromatic carbocycles. The monoisotopic (exact) mass is 378 g/mol. The molecular weight excluding hydrogens is 356 g/mol. The first-order valence-electron chi connectivity index (χ1n) is 8.58. The molecule has 1 saturated heterocycles. The van der Waals surface area contributed by atoms with Crippen molar-refractivity contribution >= 4 is 27.3 Å². The van der Waals surface area contributed by atoms with E-state index in [9.17, 15) is 8.42 Å². The number of benzene rings is 2. The van der Waals surface area contributed by atoms with Gasteiger partial charge in [-0.2, -0.15) is 0 Å². The van der Waals surface area contributed by atoms with Crippen molar-refractivity contribution in [2.45, 2.75) is 30.6 Å². The molecule has 0 bridgehead atoms. The predicted molar refractivity (Wildman–Crippen MR) is 103 cm³/mol. The Kier molecular flexibility index (Phi) is 5.67. The summed E-state index contributed by atoms with van der Waals surface area (Å²) in [5.74, 6) is 0.533. The van der Waals surface area contributed by atoms with Crippen molar-refractivity contribution in [3.63, 3.8) is 0 Å². The minimum absolute atomic E-state index is 0.162. The van der Waals surface area contributed by atoms with Gasteiger partial charge in [0.15, 0.2) is 0 Å².